The molecule has 0 aromatic heterocycles. The normalized spacial score (nSPS) is 15.1. The number of unbranched alkanes of at least 4 members (excludes halogenated alkanes) is 6. The predicted molar refractivity (Wildman–Crippen MR) is 156 cm³/mol. The van der Waals surface area contributed by atoms with E-state index in [9.17, 15) is 0 Å². The molecule has 3 aromatic carbocycles. The zero-order chi connectivity index (χ0) is 24.7. The molecule has 5 rings (SSSR count). The van der Waals surface area contributed by atoms with Gasteiger partial charge in [-0.25, -0.2) is 0 Å². The summed E-state index contributed by atoms with van der Waals surface area (Å²) in [5.41, 5.74) is 9.42. The summed E-state index contributed by atoms with van der Waals surface area (Å²) in [7, 11) is -0.0319. The molecule has 2 aliphatic carbocycles. The molecule has 0 saturated carbocycles. The van der Waals surface area contributed by atoms with Gasteiger partial charge in [-0.05, 0) is 0 Å². The molecule has 4 heteroatoms. The molecule has 0 N–H and O–H groups in total. The van der Waals surface area contributed by atoms with Crippen molar-refractivity contribution >= 4 is 14.0 Å². The average Bonchev–Trinajstić information content (AvgIpc) is 3.44. The maximum absolute atomic E-state index is 2.68. The number of hydrogen-bond acceptors (Lipinski definition) is 0. The quantitative estimate of drug-likeness (QED) is 0.189. The Morgan fingerprint density at radius 2 is 1.08 bits per heavy atom. The molecule has 200 valence electrons. The molecule has 38 heavy (non-hydrogen) atoms. The van der Waals surface area contributed by atoms with Crippen molar-refractivity contribution in [2.75, 3.05) is 12.3 Å². The second kappa shape index (κ2) is 15.9. The number of halogens is 2. The second-order valence-electron chi connectivity index (χ2n) is 10.5. The van der Waals surface area contributed by atoms with Gasteiger partial charge in [0.05, 0.1) is 0 Å². The first-order valence-corrected chi connectivity index (χ1v) is 18.9. The van der Waals surface area contributed by atoms with Crippen LogP contribution in [0.25, 0.3) is 17.2 Å². The van der Waals surface area contributed by atoms with Gasteiger partial charge < -0.3 is 24.8 Å². The number of fused-ring (bicyclic) bond motifs is 4. The van der Waals surface area contributed by atoms with Crippen molar-refractivity contribution in [3.63, 3.8) is 0 Å². The maximum Gasteiger partial charge on any atom is -1.00 e. The van der Waals surface area contributed by atoms with Crippen LogP contribution < -0.4 is 24.8 Å². The van der Waals surface area contributed by atoms with Crippen molar-refractivity contribution in [1.29, 1.82) is 0 Å². The van der Waals surface area contributed by atoms with E-state index in [0.29, 0.717) is 3.63 Å². The summed E-state index contributed by atoms with van der Waals surface area (Å²) in [6, 6.07) is 28.0. The van der Waals surface area contributed by atoms with Gasteiger partial charge in [0.15, 0.2) is 0 Å². The summed E-state index contributed by atoms with van der Waals surface area (Å²) in [5.74, 6) is 0. The van der Waals surface area contributed by atoms with Crippen molar-refractivity contribution in [1.82, 2.24) is 0 Å². The molecule has 3 aromatic rings. The van der Waals surface area contributed by atoms with Crippen LogP contribution in [-0.4, -0.2) is 12.3 Å². The molecule has 0 spiro atoms. The fourth-order valence-electron chi connectivity index (χ4n) is 6.09. The average molecular weight is 643 g/mol. The standard InChI is InChI=1S/C21H32P.C13H9.2ClH.Zr/c1-3-5-7-11-15-22(16-12-8-6-4-2)21-17-19-13-9-10-14-20(19)18-21;1-3-7-12-10(5-1)9-11-6-2-4-8-13(11)12;;;/h9-10,13-14,17-18H,3-8,11-12,15-16H2,1-2H3;1-9H;2*1H;/q;;;;+2/p-2. The van der Waals surface area contributed by atoms with Crippen LogP contribution in [0.5, 0.6) is 0 Å². The van der Waals surface area contributed by atoms with Crippen molar-refractivity contribution in [2.24, 2.45) is 0 Å². The van der Waals surface area contributed by atoms with Gasteiger partial charge in [-0.3, -0.25) is 0 Å². The number of benzene rings is 3. The molecule has 1 atom stereocenters. The Bertz CT molecular complexity index is 1130. The fourth-order valence-corrected chi connectivity index (χ4v) is 15.3. The number of rotatable bonds is 13. The third-order valence-electron chi connectivity index (χ3n) is 8.00. The van der Waals surface area contributed by atoms with Gasteiger partial charge in [-0.1, -0.05) is 0 Å². The molecule has 0 heterocycles. The third-order valence-corrected chi connectivity index (χ3v) is 16.1. The van der Waals surface area contributed by atoms with Crippen LogP contribution in [0.15, 0.2) is 78.1 Å². The van der Waals surface area contributed by atoms with Gasteiger partial charge in [-0.2, -0.15) is 0 Å². The smallest absolute Gasteiger partial charge is 1.00 e. The Morgan fingerprint density at radius 3 is 1.63 bits per heavy atom. The molecule has 0 bridgehead atoms. The SMILES string of the molecule is CCCCCCP(CCCCCC)C1=Cc2ccccc2[CH]1[Zr+2][CH]1c2ccccc2-c2ccccc21.[Cl-].[Cl-]. The molecule has 0 radical (unpaired) electrons. The Balaban J connectivity index is 0.00000200. The first-order valence-electron chi connectivity index (χ1n) is 14.3. The summed E-state index contributed by atoms with van der Waals surface area (Å²) in [5, 5.41) is 1.88. The van der Waals surface area contributed by atoms with Crippen LogP contribution in [0.2, 0.25) is 0 Å². The molecule has 0 aliphatic heterocycles. The number of allylic oxidation sites excluding steroid dienone is 1. The van der Waals surface area contributed by atoms with E-state index in [-0.39, 0.29) is 32.7 Å². The second-order valence-corrected chi connectivity index (χ2v) is 16.7. The predicted octanol–water partition coefficient (Wildman–Crippen LogP) is 4.59. The molecule has 0 fully saturated rings. The summed E-state index contributed by atoms with van der Waals surface area (Å²) in [6.07, 6.45) is 16.7. The molecule has 2 aliphatic rings. The van der Waals surface area contributed by atoms with E-state index >= 15 is 0 Å². The van der Waals surface area contributed by atoms with Crippen LogP contribution >= 0.6 is 7.92 Å². The Morgan fingerprint density at radius 1 is 0.579 bits per heavy atom. The van der Waals surface area contributed by atoms with Crippen molar-refractivity contribution < 1.29 is 48.0 Å². The Hall–Kier alpha value is -0.707. The van der Waals surface area contributed by atoms with Gasteiger partial charge in [0, 0.05) is 0 Å². The monoisotopic (exact) mass is 640 g/mol. The number of hydrogen-bond donors (Lipinski definition) is 0. The third kappa shape index (κ3) is 7.13. The van der Waals surface area contributed by atoms with E-state index < -0.39 is 23.2 Å². The van der Waals surface area contributed by atoms with Gasteiger partial charge in [0.25, 0.3) is 0 Å². The summed E-state index contributed by atoms with van der Waals surface area (Å²) < 4.78 is 1.40. The minimum Gasteiger partial charge on any atom is -1.00 e. The maximum atomic E-state index is 2.68. The van der Waals surface area contributed by atoms with Crippen LogP contribution in [0.4, 0.5) is 0 Å². The minimum atomic E-state index is -0.846. The van der Waals surface area contributed by atoms with E-state index in [1.165, 1.54) is 80.4 Å². The van der Waals surface area contributed by atoms with Gasteiger partial charge in [0.2, 0.25) is 0 Å². The topological polar surface area (TPSA) is 0 Å². The fraction of sp³-hybridized carbons (Fsp3) is 0.412. The Labute approximate surface area is 256 Å². The zero-order valence-corrected chi connectivity index (χ0v) is 27.8. The van der Waals surface area contributed by atoms with Crippen molar-refractivity contribution in [2.45, 2.75) is 72.5 Å². The molecular weight excluding hydrogens is 601 g/mol. The first kappa shape index (κ1) is 31.8. The van der Waals surface area contributed by atoms with E-state index in [1.807, 2.05) is 5.31 Å². The van der Waals surface area contributed by atoms with Gasteiger partial charge in [0.1, 0.15) is 0 Å². The van der Waals surface area contributed by atoms with Crippen LogP contribution in [0.3, 0.4) is 0 Å². The summed E-state index contributed by atoms with van der Waals surface area (Å²) in [4.78, 5) is 0. The zero-order valence-electron chi connectivity index (χ0n) is 22.9. The van der Waals surface area contributed by atoms with E-state index in [4.69, 9.17) is 0 Å². The van der Waals surface area contributed by atoms with Crippen LogP contribution in [0.1, 0.15) is 94.7 Å². The van der Waals surface area contributed by atoms with Gasteiger partial charge in [-0.15, -0.1) is 0 Å². The summed E-state index contributed by atoms with van der Waals surface area (Å²) >= 11 is -0.846. The van der Waals surface area contributed by atoms with E-state index in [2.05, 4.69) is 92.7 Å². The van der Waals surface area contributed by atoms with E-state index in [1.54, 1.807) is 16.7 Å². The van der Waals surface area contributed by atoms with Crippen LogP contribution in [-0.2, 0) is 23.2 Å². The van der Waals surface area contributed by atoms with Crippen molar-refractivity contribution in [3.05, 3.63) is 100 Å². The molecule has 0 nitrogen and oxygen atoms in total. The minimum absolute atomic E-state index is 0. The first-order chi connectivity index (χ1) is 17.8. The Kier molecular flexibility index (Phi) is 13.3. The molecule has 0 saturated heterocycles. The summed E-state index contributed by atoms with van der Waals surface area (Å²) in [6.45, 7) is 4.67. The molecule has 0 amide bonds. The van der Waals surface area contributed by atoms with E-state index in [0.717, 1.165) is 3.63 Å². The molecular formula is C34H41Cl2PZr. The van der Waals surface area contributed by atoms with Crippen molar-refractivity contribution in [3.8, 4) is 11.1 Å². The molecule has 1 unspecified atom stereocenters. The van der Waals surface area contributed by atoms with Gasteiger partial charge >= 0.3 is 234 Å². The van der Waals surface area contributed by atoms with Crippen LogP contribution in [0, 0.1) is 0 Å². The largest absolute Gasteiger partial charge is 1.00 e.